The van der Waals surface area contributed by atoms with Crippen LogP contribution in [0, 0.1) is 11.3 Å². The number of hydrogen-bond donors (Lipinski definition) is 1. The van der Waals surface area contributed by atoms with E-state index < -0.39 is 5.92 Å². The van der Waals surface area contributed by atoms with Crippen molar-refractivity contribution < 1.29 is 19.1 Å². The first-order valence-electron chi connectivity index (χ1n) is 8.40. The number of carbonyl (C=O) groups excluding carboxylic acids is 2. The first-order chi connectivity index (χ1) is 11.4. The third kappa shape index (κ3) is 2.93. The zero-order valence-electron chi connectivity index (χ0n) is 14.8. The first-order valence-corrected chi connectivity index (χ1v) is 8.40. The third-order valence-electron chi connectivity index (χ3n) is 5.07. The van der Waals surface area contributed by atoms with Gasteiger partial charge in [0.1, 0.15) is 11.6 Å². The number of ketones is 2. The minimum absolute atomic E-state index is 0.0383. The van der Waals surface area contributed by atoms with E-state index in [9.17, 15) is 9.59 Å². The van der Waals surface area contributed by atoms with Crippen LogP contribution in [0.25, 0.3) is 0 Å². The van der Waals surface area contributed by atoms with Crippen LogP contribution in [-0.4, -0.2) is 32.3 Å². The first kappa shape index (κ1) is 17.0. The number of rotatable bonds is 3. The van der Waals surface area contributed by atoms with Gasteiger partial charge in [-0.3, -0.25) is 9.59 Å². The highest BCUT2D eigenvalue weighted by molar-refractivity contribution is 6.06. The van der Waals surface area contributed by atoms with E-state index in [0.29, 0.717) is 24.3 Å². The lowest BCUT2D eigenvalue weighted by Gasteiger charge is -2.38. The number of Topliss-reactive ketones (excluding diaryl/α,β-unsaturated/α-hetero) is 2. The van der Waals surface area contributed by atoms with Gasteiger partial charge in [0.25, 0.3) is 0 Å². The Hall–Kier alpha value is -1.88. The predicted molar refractivity (Wildman–Crippen MR) is 90.5 cm³/mol. The monoisotopic (exact) mass is 331 g/mol. The van der Waals surface area contributed by atoms with Crippen molar-refractivity contribution in [1.82, 2.24) is 5.32 Å². The quantitative estimate of drug-likeness (QED) is 0.862. The van der Waals surface area contributed by atoms with Gasteiger partial charge in [-0.05, 0) is 41.6 Å². The molecule has 0 amide bonds. The Bertz CT molecular complexity index is 660. The fourth-order valence-electron chi connectivity index (χ4n) is 3.99. The normalized spacial score (nSPS) is 23.8. The van der Waals surface area contributed by atoms with Crippen molar-refractivity contribution in [2.75, 3.05) is 20.8 Å². The summed E-state index contributed by atoms with van der Waals surface area (Å²) in [5.41, 5.74) is 1.85. The fraction of sp³-hybridized carbons (Fsp3) is 0.579. The minimum Gasteiger partial charge on any atom is -0.493 e. The van der Waals surface area contributed by atoms with Crippen LogP contribution >= 0.6 is 0 Å². The SMILES string of the molecule is COc1cc2c(cc1OC)[C@H](C1C(=O)CC(C)(C)CC1=O)NCC2. The van der Waals surface area contributed by atoms with Gasteiger partial charge < -0.3 is 14.8 Å². The topological polar surface area (TPSA) is 64.6 Å². The van der Waals surface area contributed by atoms with Gasteiger partial charge in [0.2, 0.25) is 0 Å². The smallest absolute Gasteiger partial charge is 0.161 e. The molecule has 0 spiro atoms. The van der Waals surface area contributed by atoms with Gasteiger partial charge in [-0.1, -0.05) is 13.8 Å². The molecule has 1 fully saturated rings. The molecule has 1 aliphatic heterocycles. The van der Waals surface area contributed by atoms with E-state index in [4.69, 9.17) is 9.47 Å². The summed E-state index contributed by atoms with van der Waals surface area (Å²) in [4.78, 5) is 25.4. The second-order valence-electron chi connectivity index (χ2n) is 7.52. The van der Waals surface area contributed by atoms with Gasteiger partial charge in [-0.2, -0.15) is 0 Å². The van der Waals surface area contributed by atoms with E-state index in [-0.39, 0.29) is 23.0 Å². The molecule has 130 valence electrons. The van der Waals surface area contributed by atoms with Crippen LogP contribution < -0.4 is 14.8 Å². The number of nitrogens with one attached hydrogen (secondary N) is 1. The minimum atomic E-state index is -0.602. The standard InChI is InChI=1S/C19H25NO4/c1-19(2)9-13(21)17(14(22)10-19)18-12-8-16(24-4)15(23-3)7-11(12)5-6-20-18/h7-8,17-18,20H,5-6,9-10H2,1-4H3/t18-/m1/s1. The molecule has 1 aliphatic carbocycles. The molecule has 5 nitrogen and oxygen atoms in total. The molecule has 1 atom stereocenters. The highest BCUT2D eigenvalue weighted by Gasteiger charge is 2.45. The summed E-state index contributed by atoms with van der Waals surface area (Å²) in [5, 5.41) is 3.38. The van der Waals surface area contributed by atoms with E-state index in [2.05, 4.69) is 5.32 Å². The Labute approximate surface area is 142 Å². The Morgan fingerprint density at radius 1 is 1.04 bits per heavy atom. The molecule has 1 aromatic rings. The molecule has 5 heteroatoms. The molecule has 24 heavy (non-hydrogen) atoms. The molecule has 1 heterocycles. The van der Waals surface area contributed by atoms with Crippen molar-refractivity contribution in [2.24, 2.45) is 11.3 Å². The van der Waals surface area contributed by atoms with E-state index >= 15 is 0 Å². The molecule has 0 bridgehead atoms. The molecule has 0 unspecified atom stereocenters. The van der Waals surface area contributed by atoms with Gasteiger partial charge in [0, 0.05) is 18.9 Å². The van der Waals surface area contributed by atoms with Crippen LogP contribution in [0.4, 0.5) is 0 Å². The van der Waals surface area contributed by atoms with Crippen molar-refractivity contribution in [1.29, 1.82) is 0 Å². The largest absolute Gasteiger partial charge is 0.493 e. The van der Waals surface area contributed by atoms with Crippen LogP contribution in [0.3, 0.4) is 0 Å². The molecule has 2 aliphatic rings. The highest BCUT2D eigenvalue weighted by atomic mass is 16.5. The van der Waals surface area contributed by atoms with Crippen molar-refractivity contribution in [3.63, 3.8) is 0 Å². The molecule has 0 radical (unpaired) electrons. The molecule has 0 aromatic heterocycles. The Kier molecular flexibility index (Phi) is 4.38. The molecule has 1 saturated carbocycles. The highest BCUT2D eigenvalue weighted by Crippen LogP contribution is 2.42. The van der Waals surface area contributed by atoms with Crippen LogP contribution in [0.2, 0.25) is 0 Å². The average Bonchev–Trinajstić information content (AvgIpc) is 2.51. The number of benzene rings is 1. The maximum Gasteiger partial charge on any atom is 0.161 e. The number of methoxy groups -OCH3 is 2. The van der Waals surface area contributed by atoms with Crippen LogP contribution in [-0.2, 0) is 16.0 Å². The molecule has 3 rings (SSSR count). The van der Waals surface area contributed by atoms with E-state index in [1.165, 1.54) is 0 Å². The maximum atomic E-state index is 12.7. The van der Waals surface area contributed by atoms with Crippen LogP contribution in [0.5, 0.6) is 11.5 Å². The van der Waals surface area contributed by atoms with Gasteiger partial charge in [-0.25, -0.2) is 0 Å². The summed E-state index contributed by atoms with van der Waals surface area (Å²) in [6.45, 7) is 4.71. The Morgan fingerprint density at radius 2 is 1.62 bits per heavy atom. The van der Waals surface area contributed by atoms with Gasteiger partial charge >= 0.3 is 0 Å². The van der Waals surface area contributed by atoms with E-state index in [1.54, 1.807) is 14.2 Å². The van der Waals surface area contributed by atoms with Crippen LogP contribution in [0.15, 0.2) is 12.1 Å². The summed E-state index contributed by atoms with van der Waals surface area (Å²) < 4.78 is 10.8. The number of ether oxygens (including phenoxy) is 2. The van der Waals surface area contributed by atoms with Crippen LogP contribution in [0.1, 0.15) is 43.9 Å². The van der Waals surface area contributed by atoms with Gasteiger partial charge in [-0.15, -0.1) is 0 Å². The average molecular weight is 331 g/mol. The second kappa shape index (κ2) is 6.20. The maximum absolute atomic E-state index is 12.7. The number of carbonyl (C=O) groups is 2. The summed E-state index contributed by atoms with van der Waals surface area (Å²) >= 11 is 0. The molecule has 0 saturated heterocycles. The lowest BCUT2D eigenvalue weighted by molar-refractivity contribution is -0.141. The molecule has 1 aromatic carbocycles. The Balaban J connectivity index is 2.00. The zero-order valence-corrected chi connectivity index (χ0v) is 14.8. The Morgan fingerprint density at radius 3 is 2.21 bits per heavy atom. The molecular formula is C19H25NO4. The van der Waals surface area contributed by atoms with E-state index in [0.717, 1.165) is 24.1 Å². The summed E-state index contributed by atoms with van der Waals surface area (Å²) in [6, 6.07) is 3.60. The number of hydrogen-bond acceptors (Lipinski definition) is 5. The fourth-order valence-corrected chi connectivity index (χ4v) is 3.99. The second-order valence-corrected chi connectivity index (χ2v) is 7.52. The zero-order chi connectivity index (χ0) is 17.5. The molecular weight excluding hydrogens is 306 g/mol. The van der Waals surface area contributed by atoms with Gasteiger partial charge in [0.05, 0.1) is 20.1 Å². The van der Waals surface area contributed by atoms with E-state index in [1.807, 2.05) is 26.0 Å². The lowest BCUT2D eigenvalue weighted by atomic mass is 9.68. The van der Waals surface area contributed by atoms with Crippen molar-refractivity contribution in [3.05, 3.63) is 23.3 Å². The summed E-state index contributed by atoms with van der Waals surface area (Å²) in [6.07, 6.45) is 1.74. The molecule has 1 N–H and O–H groups in total. The van der Waals surface area contributed by atoms with Crippen molar-refractivity contribution in [3.8, 4) is 11.5 Å². The van der Waals surface area contributed by atoms with Crippen molar-refractivity contribution in [2.45, 2.75) is 39.2 Å². The predicted octanol–water partition coefficient (Wildman–Crippen LogP) is 2.47. The summed E-state index contributed by atoms with van der Waals surface area (Å²) in [7, 11) is 3.20. The third-order valence-corrected chi connectivity index (χ3v) is 5.07. The van der Waals surface area contributed by atoms with Gasteiger partial charge in [0.15, 0.2) is 11.5 Å². The van der Waals surface area contributed by atoms with Crippen molar-refractivity contribution >= 4 is 11.6 Å². The number of fused-ring (bicyclic) bond motifs is 1. The lowest BCUT2D eigenvalue weighted by Crippen LogP contribution is -2.46. The summed E-state index contributed by atoms with van der Waals surface area (Å²) in [5.74, 6) is 0.781.